The normalized spacial score (nSPS) is 13.8. The van der Waals surface area contributed by atoms with Gasteiger partial charge in [0.1, 0.15) is 12.3 Å². The predicted molar refractivity (Wildman–Crippen MR) is 120 cm³/mol. The number of para-hydroxylation sites is 1. The standard InChI is InChI=1S/C23H20FN5O3/c1-15(25)13-19(26-16-5-3-2-4-6-16)22-21(30)9-10-29(27-22)20-8-7-17(14-18(20)24)28-11-12-32-23(28)31/h2-10,13-14,25-26H,11-12H2,1H3/b19-13-,25-15?. The van der Waals surface area contributed by atoms with Crippen molar-refractivity contribution >= 4 is 28.9 Å². The Labute approximate surface area is 183 Å². The average molecular weight is 433 g/mol. The third-order valence-corrected chi connectivity index (χ3v) is 4.73. The second-order valence-corrected chi connectivity index (χ2v) is 7.11. The van der Waals surface area contributed by atoms with Gasteiger partial charge < -0.3 is 15.5 Å². The van der Waals surface area contributed by atoms with Crippen LogP contribution in [0.4, 0.5) is 20.6 Å². The van der Waals surface area contributed by atoms with Crippen LogP contribution in [0.5, 0.6) is 0 Å². The average Bonchev–Trinajstić information content (AvgIpc) is 3.20. The lowest BCUT2D eigenvalue weighted by molar-refractivity contribution is 0.181. The van der Waals surface area contributed by atoms with Gasteiger partial charge in [-0.2, -0.15) is 5.10 Å². The largest absolute Gasteiger partial charge is 0.447 e. The third kappa shape index (κ3) is 4.41. The molecule has 162 valence electrons. The number of hydrogen-bond donors (Lipinski definition) is 2. The second-order valence-electron chi connectivity index (χ2n) is 7.11. The minimum absolute atomic E-state index is 0.0366. The molecule has 1 fully saturated rings. The van der Waals surface area contributed by atoms with Crippen molar-refractivity contribution in [1.82, 2.24) is 9.78 Å². The summed E-state index contributed by atoms with van der Waals surface area (Å²) in [4.78, 5) is 25.7. The number of cyclic esters (lactones) is 1. The first-order valence-corrected chi connectivity index (χ1v) is 9.86. The number of allylic oxidation sites excluding steroid dienone is 1. The number of hydrogen-bond acceptors (Lipinski definition) is 6. The Balaban J connectivity index is 1.72. The topological polar surface area (TPSA) is 100 Å². The molecule has 0 radical (unpaired) electrons. The molecule has 1 aromatic heterocycles. The van der Waals surface area contributed by atoms with Crippen LogP contribution < -0.4 is 15.6 Å². The van der Waals surface area contributed by atoms with E-state index in [0.29, 0.717) is 23.6 Å². The fraction of sp³-hybridized carbons (Fsp3) is 0.130. The third-order valence-electron chi connectivity index (χ3n) is 4.73. The van der Waals surface area contributed by atoms with E-state index in [2.05, 4.69) is 10.4 Å². The van der Waals surface area contributed by atoms with Gasteiger partial charge in [-0.1, -0.05) is 18.2 Å². The smallest absolute Gasteiger partial charge is 0.414 e. The van der Waals surface area contributed by atoms with E-state index in [1.165, 1.54) is 40.1 Å². The molecule has 2 N–H and O–H groups in total. The van der Waals surface area contributed by atoms with Crippen LogP contribution in [0.3, 0.4) is 0 Å². The fourth-order valence-electron chi connectivity index (χ4n) is 3.26. The maximum absolute atomic E-state index is 14.9. The monoisotopic (exact) mass is 433 g/mol. The molecule has 1 amide bonds. The molecule has 4 rings (SSSR count). The zero-order valence-corrected chi connectivity index (χ0v) is 17.2. The Bertz CT molecular complexity index is 1270. The SMILES string of the molecule is CC(=N)/C=C(\Nc1ccccc1)c1nn(-c2ccc(N3CCOC3=O)cc2F)ccc1=O. The van der Waals surface area contributed by atoms with Crippen LogP contribution in [0.1, 0.15) is 12.6 Å². The Morgan fingerprint density at radius 2 is 1.97 bits per heavy atom. The molecule has 0 unspecified atom stereocenters. The summed E-state index contributed by atoms with van der Waals surface area (Å²) < 4.78 is 21.1. The molecule has 32 heavy (non-hydrogen) atoms. The van der Waals surface area contributed by atoms with Gasteiger partial charge >= 0.3 is 6.09 Å². The molecular weight excluding hydrogens is 413 g/mol. The van der Waals surface area contributed by atoms with E-state index in [9.17, 15) is 14.0 Å². The van der Waals surface area contributed by atoms with Crippen molar-refractivity contribution in [3.05, 3.63) is 88.6 Å². The van der Waals surface area contributed by atoms with E-state index < -0.39 is 11.9 Å². The van der Waals surface area contributed by atoms with Gasteiger partial charge in [-0.25, -0.2) is 13.9 Å². The summed E-state index contributed by atoms with van der Waals surface area (Å²) in [6.45, 7) is 2.18. The van der Waals surface area contributed by atoms with Crippen LogP contribution in [-0.2, 0) is 4.74 Å². The number of aromatic nitrogens is 2. The highest BCUT2D eigenvalue weighted by Gasteiger charge is 2.24. The van der Waals surface area contributed by atoms with Gasteiger partial charge in [-0.15, -0.1) is 0 Å². The minimum atomic E-state index is -0.617. The molecule has 0 spiro atoms. The van der Waals surface area contributed by atoms with E-state index >= 15 is 0 Å². The van der Waals surface area contributed by atoms with E-state index in [1.807, 2.05) is 30.3 Å². The summed E-state index contributed by atoms with van der Waals surface area (Å²) in [5.41, 5.74) is 1.38. The Morgan fingerprint density at radius 1 is 1.19 bits per heavy atom. The summed E-state index contributed by atoms with van der Waals surface area (Å²) in [5.74, 6) is -0.617. The lowest BCUT2D eigenvalue weighted by Crippen LogP contribution is -2.23. The number of nitrogens with one attached hydrogen (secondary N) is 2. The van der Waals surface area contributed by atoms with Gasteiger partial charge in [-0.3, -0.25) is 9.69 Å². The Hall–Kier alpha value is -4.27. The number of nitrogens with zero attached hydrogens (tertiary/aromatic N) is 3. The van der Waals surface area contributed by atoms with Crippen LogP contribution in [0.25, 0.3) is 11.4 Å². The molecule has 0 saturated carbocycles. The Kier molecular flexibility index (Phi) is 5.80. The van der Waals surface area contributed by atoms with Crippen molar-refractivity contribution in [2.75, 3.05) is 23.4 Å². The summed E-state index contributed by atoms with van der Waals surface area (Å²) in [7, 11) is 0. The molecule has 8 nitrogen and oxygen atoms in total. The number of anilines is 2. The molecule has 1 aliphatic heterocycles. The molecular formula is C23H20FN5O3. The number of amides is 1. The Morgan fingerprint density at radius 3 is 2.62 bits per heavy atom. The number of carbonyl (C=O) groups excluding carboxylic acids is 1. The first-order chi connectivity index (χ1) is 15.4. The first-order valence-electron chi connectivity index (χ1n) is 9.86. The molecule has 0 aliphatic carbocycles. The molecule has 0 bridgehead atoms. The van der Waals surface area contributed by atoms with Crippen molar-refractivity contribution in [3.8, 4) is 5.69 Å². The van der Waals surface area contributed by atoms with Crippen LogP contribution in [0.15, 0.2) is 71.7 Å². The van der Waals surface area contributed by atoms with Gasteiger partial charge in [0.15, 0.2) is 11.5 Å². The van der Waals surface area contributed by atoms with E-state index in [0.717, 1.165) is 0 Å². The van der Waals surface area contributed by atoms with Crippen molar-refractivity contribution < 1.29 is 13.9 Å². The molecule has 1 aliphatic rings. The molecule has 9 heteroatoms. The van der Waals surface area contributed by atoms with Gasteiger partial charge in [0.05, 0.1) is 17.9 Å². The summed E-state index contributed by atoms with van der Waals surface area (Å²) in [5, 5.41) is 15.3. The maximum Gasteiger partial charge on any atom is 0.414 e. The first kappa shape index (κ1) is 21.0. The molecule has 1 saturated heterocycles. The van der Waals surface area contributed by atoms with E-state index in [-0.39, 0.29) is 29.1 Å². The van der Waals surface area contributed by atoms with Crippen LogP contribution >= 0.6 is 0 Å². The lowest BCUT2D eigenvalue weighted by Gasteiger charge is -2.15. The van der Waals surface area contributed by atoms with Crippen LogP contribution in [0, 0.1) is 11.2 Å². The second kappa shape index (κ2) is 8.84. The zero-order valence-electron chi connectivity index (χ0n) is 17.2. The van der Waals surface area contributed by atoms with Crippen molar-refractivity contribution in [2.24, 2.45) is 0 Å². The number of carbonyl (C=O) groups is 1. The van der Waals surface area contributed by atoms with E-state index in [1.54, 1.807) is 13.0 Å². The van der Waals surface area contributed by atoms with Crippen LogP contribution in [-0.4, -0.2) is 34.7 Å². The van der Waals surface area contributed by atoms with Crippen LogP contribution in [0.2, 0.25) is 0 Å². The highest BCUT2D eigenvalue weighted by atomic mass is 19.1. The minimum Gasteiger partial charge on any atom is -0.447 e. The fourth-order valence-corrected chi connectivity index (χ4v) is 3.26. The number of rotatable bonds is 6. The summed E-state index contributed by atoms with van der Waals surface area (Å²) >= 11 is 0. The van der Waals surface area contributed by atoms with Gasteiger partial charge in [0, 0.05) is 23.7 Å². The molecule has 0 atom stereocenters. The van der Waals surface area contributed by atoms with Gasteiger partial charge in [-0.05, 0) is 43.3 Å². The number of halogens is 1. The lowest BCUT2D eigenvalue weighted by atomic mass is 10.2. The van der Waals surface area contributed by atoms with Crippen molar-refractivity contribution in [1.29, 1.82) is 5.41 Å². The highest BCUT2D eigenvalue weighted by Crippen LogP contribution is 2.24. The number of benzene rings is 2. The molecule has 2 heterocycles. The number of ether oxygens (including phenoxy) is 1. The zero-order chi connectivity index (χ0) is 22.7. The quantitative estimate of drug-likeness (QED) is 0.576. The predicted octanol–water partition coefficient (Wildman–Crippen LogP) is 3.82. The van der Waals surface area contributed by atoms with E-state index in [4.69, 9.17) is 10.1 Å². The van der Waals surface area contributed by atoms with Gasteiger partial charge in [0.25, 0.3) is 0 Å². The molecule has 3 aromatic rings. The van der Waals surface area contributed by atoms with Gasteiger partial charge in [0.2, 0.25) is 5.43 Å². The summed E-state index contributed by atoms with van der Waals surface area (Å²) in [6, 6.07) is 14.7. The maximum atomic E-state index is 14.9. The molecule has 2 aromatic carbocycles. The van der Waals surface area contributed by atoms with Crippen molar-refractivity contribution in [3.63, 3.8) is 0 Å². The summed E-state index contributed by atoms with van der Waals surface area (Å²) in [6.07, 6.45) is 2.33. The highest BCUT2D eigenvalue weighted by molar-refractivity contribution is 5.98. The van der Waals surface area contributed by atoms with Crippen molar-refractivity contribution in [2.45, 2.75) is 6.92 Å².